The third-order valence-corrected chi connectivity index (χ3v) is 3.59. The molecule has 0 heterocycles. The lowest BCUT2D eigenvalue weighted by Crippen LogP contribution is -2.21. The van der Waals surface area contributed by atoms with Crippen molar-refractivity contribution in [3.63, 3.8) is 0 Å². The van der Waals surface area contributed by atoms with Crippen molar-refractivity contribution in [2.24, 2.45) is 0 Å². The fourth-order valence-corrected chi connectivity index (χ4v) is 1.73. The number of rotatable bonds is 2. The fourth-order valence-electron chi connectivity index (χ4n) is 0.803. The molecule has 1 aromatic carbocycles. The molecule has 1 rings (SSSR count). The van der Waals surface area contributed by atoms with E-state index < -0.39 is 22.2 Å². The summed E-state index contributed by atoms with van der Waals surface area (Å²) in [6.07, 6.45) is -5.08. The summed E-state index contributed by atoms with van der Waals surface area (Å²) >= 11 is 0. The molecule has 108 valence electrons. The minimum Gasteiger partial charge on any atom is -0.475 e. The third kappa shape index (κ3) is 5.71. The van der Waals surface area contributed by atoms with Crippen LogP contribution in [-0.2, 0) is 14.8 Å². The van der Waals surface area contributed by atoms with Crippen LogP contribution >= 0.6 is 0 Å². The molecule has 1 N–H and O–H groups in total. The predicted molar refractivity (Wildman–Crippen MR) is 61.0 cm³/mol. The van der Waals surface area contributed by atoms with Crippen molar-refractivity contribution >= 4 is 16.0 Å². The Bertz CT molecular complexity index is 511. The van der Waals surface area contributed by atoms with Crippen molar-refractivity contribution in [1.82, 2.24) is 4.31 Å². The highest BCUT2D eigenvalue weighted by molar-refractivity contribution is 7.89. The highest BCUT2D eigenvalue weighted by atomic mass is 32.2. The van der Waals surface area contributed by atoms with Crippen LogP contribution < -0.4 is 0 Å². The van der Waals surface area contributed by atoms with E-state index >= 15 is 0 Å². The number of nitrogens with zero attached hydrogens (tertiary/aromatic N) is 1. The van der Waals surface area contributed by atoms with Crippen molar-refractivity contribution in [1.29, 1.82) is 0 Å². The number of carbonyl (C=O) groups is 1. The number of halogens is 3. The van der Waals surface area contributed by atoms with Gasteiger partial charge >= 0.3 is 12.1 Å². The lowest BCUT2D eigenvalue weighted by molar-refractivity contribution is -0.192. The largest absolute Gasteiger partial charge is 0.490 e. The number of alkyl halides is 3. The van der Waals surface area contributed by atoms with E-state index in [4.69, 9.17) is 9.90 Å². The summed E-state index contributed by atoms with van der Waals surface area (Å²) in [6, 6.07) is 8.35. The molecule has 0 atom stereocenters. The molecule has 5 nitrogen and oxygen atoms in total. The predicted octanol–water partition coefficient (Wildman–Crippen LogP) is 1.57. The highest BCUT2D eigenvalue weighted by Crippen LogP contribution is 2.13. The zero-order valence-electron chi connectivity index (χ0n) is 10.0. The molecule has 0 aromatic heterocycles. The Morgan fingerprint density at radius 2 is 1.53 bits per heavy atom. The van der Waals surface area contributed by atoms with Gasteiger partial charge in [-0.3, -0.25) is 0 Å². The quantitative estimate of drug-likeness (QED) is 0.899. The second-order valence-corrected chi connectivity index (χ2v) is 5.56. The Hall–Kier alpha value is -1.61. The number of carboxylic acids is 1. The van der Waals surface area contributed by atoms with E-state index in [1.54, 1.807) is 30.3 Å². The first-order valence-corrected chi connectivity index (χ1v) is 6.21. The van der Waals surface area contributed by atoms with Crippen LogP contribution in [0.3, 0.4) is 0 Å². The molecule has 0 aliphatic heterocycles. The number of hydrogen-bond acceptors (Lipinski definition) is 3. The van der Waals surface area contributed by atoms with Gasteiger partial charge in [0, 0.05) is 14.1 Å². The molecule has 0 amide bonds. The van der Waals surface area contributed by atoms with Gasteiger partial charge in [-0.1, -0.05) is 18.2 Å². The number of carboxylic acid groups (broad SMARTS) is 1. The fraction of sp³-hybridized carbons (Fsp3) is 0.300. The summed E-state index contributed by atoms with van der Waals surface area (Å²) in [5.74, 6) is -2.76. The van der Waals surface area contributed by atoms with Crippen LogP contribution in [0, 0.1) is 0 Å². The molecule has 9 heteroatoms. The lowest BCUT2D eigenvalue weighted by atomic mass is 10.4. The van der Waals surface area contributed by atoms with E-state index in [-0.39, 0.29) is 0 Å². The summed E-state index contributed by atoms with van der Waals surface area (Å²) in [6.45, 7) is 0. The maximum atomic E-state index is 11.5. The van der Waals surface area contributed by atoms with Gasteiger partial charge in [-0.2, -0.15) is 13.2 Å². The maximum absolute atomic E-state index is 11.5. The minimum absolute atomic E-state index is 0.329. The first kappa shape index (κ1) is 17.4. The van der Waals surface area contributed by atoms with Crippen LogP contribution in [0.25, 0.3) is 0 Å². The minimum atomic E-state index is -5.08. The Labute approximate surface area is 108 Å². The van der Waals surface area contributed by atoms with Gasteiger partial charge in [0.05, 0.1) is 4.90 Å². The molecule has 0 unspecified atom stereocenters. The Kier molecular flexibility index (Phi) is 5.97. The molecule has 0 spiro atoms. The smallest absolute Gasteiger partial charge is 0.475 e. The van der Waals surface area contributed by atoms with Crippen molar-refractivity contribution in [2.75, 3.05) is 14.1 Å². The van der Waals surface area contributed by atoms with E-state index in [1.807, 2.05) is 0 Å². The van der Waals surface area contributed by atoms with Crippen LogP contribution in [0.4, 0.5) is 13.2 Å². The molecular weight excluding hydrogens is 287 g/mol. The number of hydrogen-bond donors (Lipinski definition) is 1. The van der Waals surface area contributed by atoms with Crippen molar-refractivity contribution in [3.8, 4) is 0 Å². The number of benzene rings is 1. The van der Waals surface area contributed by atoms with E-state index in [2.05, 4.69) is 0 Å². The number of sulfonamides is 1. The first-order valence-electron chi connectivity index (χ1n) is 4.77. The molecule has 0 aliphatic rings. The van der Waals surface area contributed by atoms with Crippen molar-refractivity contribution in [2.45, 2.75) is 11.1 Å². The second-order valence-electron chi connectivity index (χ2n) is 3.40. The third-order valence-electron chi connectivity index (χ3n) is 1.76. The van der Waals surface area contributed by atoms with Gasteiger partial charge in [0.25, 0.3) is 0 Å². The molecular formula is C10H12F3NO4S. The molecule has 19 heavy (non-hydrogen) atoms. The van der Waals surface area contributed by atoms with Crippen LogP contribution in [-0.4, -0.2) is 44.1 Å². The van der Waals surface area contributed by atoms with Crippen molar-refractivity contribution in [3.05, 3.63) is 30.3 Å². The van der Waals surface area contributed by atoms with Gasteiger partial charge in [0.1, 0.15) is 0 Å². The summed E-state index contributed by atoms with van der Waals surface area (Å²) in [5.41, 5.74) is 0. The standard InChI is InChI=1S/C8H11NO2S.C2HF3O2/c1-9(2)12(10,11)8-6-4-3-5-7-8;3-2(4,5)1(6)7/h3-7H,1-2H3;(H,6,7). The summed E-state index contributed by atoms with van der Waals surface area (Å²) < 4.78 is 55.8. The maximum Gasteiger partial charge on any atom is 0.490 e. The van der Waals surface area contributed by atoms with Crippen LogP contribution in [0.15, 0.2) is 35.2 Å². The normalized spacial score (nSPS) is 11.7. The Morgan fingerprint density at radius 3 is 1.79 bits per heavy atom. The SMILES string of the molecule is CN(C)S(=O)(=O)c1ccccc1.O=C(O)C(F)(F)F. The van der Waals surface area contributed by atoms with Crippen LogP contribution in [0.5, 0.6) is 0 Å². The molecule has 0 fully saturated rings. The first-order chi connectivity index (χ1) is 8.49. The Morgan fingerprint density at radius 1 is 1.16 bits per heavy atom. The van der Waals surface area contributed by atoms with Crippen molar-refractivity contribution < 1.29 is 31.5 Å². The molecule has 0 radical (unpaired) electrons. The topological polar surface area (TPSA) is 74.7 Å². The molecule has 0 saturated carbocycles. The average molecular weight is 299 g/mol. The van der Waals surface area contributed by atoms with Gasteiger partial charge in [-0.25, -0.2) is 17.5 Å². The summed E-state index contributed by atoms with van der Waals surface area (Å²) in [7, 11) is -0.211. The van der Waals surface area contributed by atoms with Crippen LogP contribution in [0.1, 0.15) is 0 Å². The monoisotopic (exact) mass is 299 g/mol. The molecule has 0 saturated heterocycles. The van der Waals surface area contributed by atoms with Gasteiger partial charge in [-0.15, -0.1) is 0 Å². The lowest BCUT2D eigenvalue weighted by Gasteiger charge is -2.10. The summed E-state index contributed by atoms with van der Waals surface area (Å²) in [5, 5.41) is 7.12. The second kappa shape index (κ2) is 6.53. The summed E-state index contributed by atoms with van der Waals surface area (Å²) in [4.78, 5) is 9.22. The molecule has 0 bridgehead atoms. The van der Waals surface area contributed by atoms with E-state index in [1.165, 1.54) is 18.4 Å². The molecule has 1 aromatic rings. The van der Waals surface area contributed by atoms with Gasteiger partial charge in [-0.05, 0) is 12.1 Å². The van der Waals surface area contributed by atoms with E-state index in [9.17, 15) is 21.6 Å². The average Bonchev–Trinajstić information content (AvgIpc) is 2.29. The number of aliphatic carboxylic acids is 1. The van der Waals surface area contributed by atoms with Gasteiger partial charge in [0.15, 0.2) is 0 Å². The highest BCUT2D eigenvalue weighted by Gasteiger charge is 2.38. The zero-order valence-corrected chi connectivity index (χ0v) is 10.9. The van der Waals surface area contributed by atoms with Crippen LogP contribution in [0.2, 0.25) is 0 Å². The van der Waals surface area contributed by atoms with Gasteiger partial charge in [0.2, 0.25) is 10.0 Å². The molecule has 0 aliphatic carbocycles. The Balaban J connectivity index is 0.000000399. The zero-order chi connectivity index (χ0) is 15.3. The van der Waals surface area contributed by atoms with E-state index in [0.29, 0.717) is 4.90 Å². The van der Waals surface area contributed by atoms with Gasteiger partial charge < -0.3 is 5.11 Å². The van der Waals surface area contributed by atoms with E-state index in [0.717, 1.165) is 0 Å².